The van der Waals surface area contributed by atoms with E-state index in [2.05, 4.69) is 10.6 Å². The highest BCUT2D eigenvalue weighted by Gasteiger charge is 2.12. The van der Waals surface area contributed by atoms with Crippen molar-refractivity contribution in [3.05, 3.63) is 59.4 Å². The Morgan fingerprint density at radius 1 is 1.17 bits per heavy atom. The molecule has 5 nitrogen and oxygen atoms in total. The van der Waals surface area contributed by atoms with E-state index in [1.54, 1.807) is 24.3 Å². The Hall–Kier alpha value is -2.89. The highest BCUT2D eigenvalue weighted by molar-refractivity contribution is 5.94. The standard InChI is InChI=1S/C17H17FN2O3/c1-11(21)20-13-7-8-16(23-2)12(9-13)10-19-17(22)14-5-3-4-6-15(14)18/h3-9H,10H2,1-2H3,(H,19,22)(H,20,21). The first-order valence-electron chi connectivity index (χ1n) is 6.98. The van der Waals surface area contributed by atoms with Crippen LogP contribution in [-0.2, 0) is 11.3 Å². The number of anilines is 1. The van der Waals surface area contributed by atoms with E-state index in [0.29, 0.717) is 17.0 Å². The van der Waals surface area contributed by atoms with Crippen LogP contribution >= 0.6 is 0 Å². The molecule has 6 heteroatoms. The van der Waals surface area contributed by atoms with E-state index in [-0.39, 0.29) is 18.0 Å². The minimum absolute atomic E-state index is 0.0236. The van der Waals surface area contributed by atoms with Crippen LogP contribution in [-0.4, -0.2) is 18.9 Å². The third-order valence-electron chi connectivity index (χ3n) is 3.16. The minimum atomic E-state index is -0.580. The molecular weight excluding hydrogens is 299 g/mol. The lowest BCUT2D eigenvalue weighted by atomic mass is 10.1. The van der Waals surface area contributed by atoms with E-state index < -0.39 is 11.7 Å². The number of halogens is 1. The van der Waals surface area contributed by atoms with Gasteiger partial charge in [0.1, 0.15) is 11.6 Å². The number of nitrogens with one attached hydrogen (secondary N) is 2. The zero-order valence-corrected chi connectivity index (χ0v) is 12.9. The molecule has 0 saturated carbocycles. The van der Waals surface area contributed by atoms with Gasteiger partial charge in [0.25, 0.3) is 5.91 Å². The number of rotatable bonds is 5. The zero-order valence-electron chi connectivity index (χ0n) is 12.9. The summed E-state index contributed by atoms with van der Waals surface area (Å²) in [5, 5.41) is 5.30. The van der Waals surface area contributed by atoms with Gasteiger partial charge < -0.3 is 15.4 Å². The van der Waals surface area contributed by atoms with E-state index in [9.17, 15) is 14.0 Å². The average Bonchev–Trinajstić information content (AvgIpc) is 2.52. The third kappa shape index (κ3) is 4.29. The lowest BCUT2D eigenvalue weighted by Gasteiger charge is -2.12. The third-order valence-corrected chi connectivity index (χ3v) is 3.16. The maximum Gasteiger partial charge on any atom is 0.254 e. The molecule has 0 radical (unpaired) electrons. The second-order valence-corrected chi connectivity index (χ2v) is 4.87. The molecule has 0 aliphatic heterocycles. The largest absolute Gasteiger partial charge is 0.496 e. The Morgan fingerprint density at radius 2 is 1.91 bits per heavy atom. The van der Waals surface area contributed by atoms with E-state index in [0.717, 1.165) is 0 Å². The molecule has 2 amide bonds. The van der Waals surface area contributed by atoms with Crippen molar-refractivity contribution in [1.82, 2.24) is 5.32 Å². The van der Waals surface area contributed by atoms with Gasteiger partial charge in [0.05, 0.1) is 12.7 Å². The second kappa shape index (κ2) is 7.40. The van der Waals surface area contributed by atoms with Gasteiger partial charge in [-0.1, -0.05) is 12.1 Å². The molecule has 0 aliphatic rings. The Kier molecular flexibility index (Phi) is 5.30. The molecular formula is C17H17FN2O3. The molecule has 0 heterocycles. The first-order valence-corrected chi connectivity index (χ1v) is 6.98. The Labute approximate surface area is 133 Å². The molecule has 2 aromatic carbocycles. The number of hydrogen-bond donors (Lipinski definition) is 2. The summed E-state index contributed by atoms with van der Waals surface area (Å²) >= 11 is 0. The van der Waals surface area contributed by atoms with Crippen molar-refractivity contribution < 1.29 is 18.7 Å². The maximum absolute atomic E-state index is 13.6. The number of carbonyl (C=O) groups excluding carboxylic acids is 2. The molecule has 2 N–H and O–H groups in total. The average molecular weight is 316 g/mol. The van der Waals surface area contributed by atoms with Crippen LogP contribution in [0.5, 0.6) is 5.75 Å². The van der Waals surface area contributed by atoms with Crippen LogP contribution in [0.25, 0.3) is 0 Å². The van der Waals surface area contributed by atoms with E-state index in [4.69, 9.17) is 4.74 Å². The molecule has 0 aromatic heterocycles. The van der Waals surface area contributed by atoms with Gasteiger partial charge in [-0.2, -0.15) is 0 Å². The minimum Gasteiger partial charge on any atom is -0.496 e. The normalized spacial score (nSPS) is 10.0. The van der Waals surface area contributed by atoms with E-state index in [1.807, 2.05) is 0 Å². The zero-order chi connectivity index (χ0) is 16.8. The fraction of sp³-hybridized carbons (Fsp3) is 0.176. The summed E-state index contributed by atoms with van der Waals surface area (Å²) in [5.74, 6) is -0.733. The molecule has 0 fully saturated rings. The van der Waals surface area contributed by atoms with Gasteiger partial charge >= 0.3 is 0 Å². The van der Waals surface area contributed by atoms with Crippen molar-refractivity contribution in [3.8, 4) is 5.75 Å². The summed E-state index contributed by atoms with van der Waals surface area (Å²) in [6.07, 6.45) is 0. The van der Waals surface area contributed by atoms with Crippen LogP contribution in [0, 0.1) is 5.82 Å². The van der Waals surface area contributed by atoms with Crippen molar-refractivity contribution in [2.75, 3.05) is 12.4 Å². The molecule has 0 saturated heterocycles. The van der Waals surface area contributed by atoms with Crippen LogP contribution in [0.1, 0.15) is 22.8 Å². The lowest BCUT2D eigenvalue weighted by molar-refractivity contribution is -0.114. The van der Waals surface area contributed by atoms with Crippen LogP contribution in [0.4, 0.5) is 10.1 Å². The number of carbonyl (C=O) groups is 2. The summed E-state index contributed by atoms with van der Waals surface area (Å²) in [6.45, 7) is 1.55. The molecule has 0 bridgehead atoms. The molecule has 2 aromatic rings. The molecule has 0 aliphatic carbocycles. The smallest absolute Gasteiger partial charge is 0.254 e. The topological polar surface area (TPSA) is 67.4 Å². The Morgan fingerprint density at radius 3 is 2.57 bits per heavy atom. The van der Waals surface area contributed by atoms with Crippen LogP contribution < -0.4 is 15.4 Å². The number of hydrogen-bond acceptors (Lipinski definition) is 3. The summed E-state index contributed by atoms with van der Waals surface area (Å²) in [6, 6.07) is 10.8. The van der Waals surface area contributed by atoms with Crippen LogP contribution in [0.2, 0.25) is 0 Å². The summed E-state index contributed by atoms with van der Waals surface area (Å²) in [4.78, 5) is 23.2. The number of methoxy groups -OCH3 is 1. The molecule has 0 unspecified atom stereocenters. The molecule has 2 rings (SSSR count). The molecule has 120 valence electrons. The summed E-state index contributed by atoms with van der Waals surface area (Å²) < 4.78 is 18.8. The maximum atomic E-state index is 13.6. The first-order chi connectivity index (χ1) is 11.0. The van der Waals surface area contributed by atoms with Gasteiger partial charge in [-0.25, -0.2) is 4.39 Å². The van der Waals surface area contributed by atoms with Gasteiger partial charge in [0.2, 0.25) is 5.91 Å². The highest BCUT2D eigenvalue weighted by atomic mass is 19.1. The first kappa shape index (κ1) is 16.5. The number of benzene rings is 2. The van der Waals surface area contributed by atoms with Gasteiger partial charge in [0, 0.05) is 24.7 Å². The molecule has 23 heavy (non-hydrogen) atoms. The quantitative estimate of drug-likeness (QED) is 0.891. The fourth-order valence-corrected chi connectivity index (χ4v) is 2.11. The summed E-state index contributed by atoms with van der Waals surface area (Å²) in [5.41, 5.74) is 1.24. The fourth-order valence-electron chi connectivity index (χ4n) is 2.11. The van der Waals surface area contributed by atoms with E-state index >= 15 is 0 Å². The van der Waals surface area contributed by atoms with Gasteiger partial charge in [-0.05, 0) is 30.3 Å². The van der Waals surface area contributed by atoms with Gasteiger partial charge in [0.15, 0.2) is 0 Å². The second-order valence-electron chi connectivity index (χ2n) is 4.87. The lowest BCUT2D eigenvalue weighted by Crippen LogP contribution is -2.24. The Balaban J connectivity index is 2.14. The van der Waals surface area contributed by atoms with E-state index in [1.165, 1.54) is 32.2 Å². The predicted molar refractivity (Wildman–Crippen MR) is 84.9 cm³/mol. The summed E-state index contributed by atoms with van der Waals surface area (Å²) in [7, 11) is 1.51. The van der Waals surface area contributed by atoms with Crippen molar-refractivity contribution in [1.29, 1.82) is 0 Å². The van der Waals surface area contributed by atoms with Crippen molar-refractivity contribution in [3.63, 3.8) is 0 Å². The van der Waals surface area contributed by atoms with Gasteiger partial charge in [-0.15, -0.1) is 0 Å². The van der Waals surface area contributed by atoms with Crippen LogP contribution in [0.15, 0.2) is 42.5 Å². The highest BCUT2D eigenvalue weighted by Crippen LogP contribution is 2.22. The van der Waals surface area contributed by atoms with Crippen LogP contribution in [0.3, 0.4) is 0 Å². The molecule has 0 spiro atoms. The Bertz CT molecular complexity index is 732. The van der Waals surface area contributed by atoms with Gasteiger partial charge in [-0.3, -0.25) is 9.59 Å². The predicted octanol–water partition coefficient (Wildman–Crippen LogP) is 2.72. The number of amides is 2. The monoisotopic (exact) mass is 316 g/mol. The van der Waals surface area contributed by atoms with Crippen molar-refractivity contribution in [2.45, 2.75) is 13.5 Å². The molecule has 0 atom stereocenters. The van der Waals surface area contributed by atoms with Crippen molar-refractivity contribution >= 4 is 17.5 Å². The van der Waals surface area contributed by atoms with Crippen molar-refractivity contribution in [2.24, 2.45) is 0 Å². The SMILES string of the molecule is COc1ccc(NC(C)=O)cc1CNC(=O)c1ccccc1F. The number of ether oxygens (including phenoxy) is 1.